The Balaban J connectivity index is 2.72. The van der Waals surface area contributed by atoms with Crippen LogP contribution in [0.2, 0.25) is 0 Å². The number of ether oxygens (including phenoxy) is 1. The summed E-state index contributed by atoms with van der Waals surface area (Å²) in [7, 11) is 4.07. The Morgan fingerprint density at radius 3 is 2.67 bits per heavy atom. The molecule has 0 saturated carbocycles. The lowest BCUT2D eigenvalue weighted by Gasteiger charge is -2.24. The van der Waals surface area contributed by atoms with Crippen LogP contribution in [0, 0.1) is 0 Å². The summed E-state index contributed by atoms with van der Waals surface area (Å²) in [6.45, 7) is 9.37. The molecule has 0 saturated heterocycles. The zero-order valence-electron chi connectivity index (χ0n) is 14.0. The van der Waals surface area contributed by atoms with Gasteiger partial charge in [-0.25, -0.2) is 9.78 Å². The second-order valence-electron chi connectivity index (χ2n) is 6.42. The van der Waals surface area contributed by atoms with Gasteiger partial charge in [-0.3, -0.25) is 0 Å². The van der Waals surface area contributed by atoms with Crippen LogP contribution in [0.25, 0.3) is 0 Å². The van der Waals surface area contributed by atoms with E-state index in [4.69, 9.17) is 4.74 Å². The SMILES string of the molecule is CC[C@@H](NC(=O)OC(C)(C)C)c1cncn1CCN(C)C. The topological polar surface area (TPSA) is 59.4 Å². The third kappa shape index (κ3) is 6.16. The van der Waals surface area contributed by atoms with Crippen molar-refractivity contribution in [2.24, 2.45) is 0 Å². The van der Waals surface area contributed by atoms with Gasteiger partial charge >= 0.3 is 6.09 Å². The molecular formula is C15H28N4O2. The molecule has 1 heterocycles. The minimum Gasteiger partial charge on any atom is -0.444 e. The molecule has 0 aliphatic rings. The lowest BCUT2D eigenvalue weighted by atomic mass is 10.1. The highest BCUT2D eigenvalue weighted by Crippen LogP contribution is 2.17. The number of hydrogen-bond donors (Lipinski definition) is 1. The molecule has 0 fully saturated rings. The van der Waals surface area contributed by atoms with E-state index in [0.717, 1.165) is 25.2 Å². The first kappa shape index (κ1) is 17.5. The van der Waals surface area contributed by atoms with Gasteiger partial charge in [0.25, 0.3) is 0 Å². The number of nitrogens with one attached hydrogen (secondary N) is 1. The number of hydrogen-bond acceptors (Lipinski definition) is 4. The fraction of sp³-hybridized carbons (Fsp3) is 0.733. The van der Waals surface area contributed by atoms with Crippen LogP contribution >= 0.6 is 0 Å². The summed E-state index contributed by atoms with van der Waals surface area (Å²) >= 11 is 0. The number of likely N-dealkylation sites (N-methyl/N-ethyl adjacent to an activating group) is 1. The summed E-state index contributed by atoms with van der Waals surface area (Å²) in [5.74, 6) is 0. The molecule has 0 unspecified atom stereocenters. The second kappa shape index (κ2) is 7.45. The van der Waals surface area contributed by atoms with Gasteiger partial charge in [0.05, 0.1) is 24.3 Å². The molecule has 1 aromatic heterocycles. The molecule has 1 N–H and O–H groups in total. The fourth-order valence-electron chi connectivity index (χ4n) is 1.95. The van der Waals surface area contributed by atoms with Crippen molar-refractivity contribution in [3.63, 3.8) is 0 Å². The van der Waals surface area contributed by atoms with Crippen LogP contribution in [0.3, 0.4) is 0 Å². The lowest BCUT2D eigenvalue weighted by Crippen LogP contribution is -2.35. The number of nitrogens with zero attached hydrogens (tertiary/aromatic N) is 3. The number of imidazole rings is 1. The number of rotatable bonds is 6. The van der Waals surface area contributed by atoms with Gasteiger partial charge in [-0.15, -0.1) is 0 Å². The van der Waals surface area contributed by atoms with Gasteiger partial charge in [-0.1, -0.05) is 6.92 Å². The van der Waals surface area contributed by atoms with Gasteiger partial charge in [0, 0.05) is 13.1 Å². The van der Waals surface area contributed by atoms with E-state index in [2.05, 4.69) is 19.8 Å². The van der Waals surface area contributed by atoms with E-state index in [1.165, 1.54) is 0 Å². The fourth-order valence-corrected chi connectivity index (χ4v) is 1.95. The molecule has 120 valence electrons. The first-order valence-electron chi connectivity index (χ1n) is 7.37. The Labute approximate surface area is 127 Å². The average molecular weight is 296 g/mol. The molecule has 0 aliphatic carbocycles. The molecule has 1 rings (SSSR count). The maximum absolute atomic E-state index is 11.9. The van der Waals surface area contributed by atoms with Crippen molar-refractivity contribution in [1.29, 1.82) is 0 Å². The van der Waals surface area contributed by atoms with E-state index in [1.807, 2.05) is 41.8 Å². The van der Waals surface area contributed by atoms with Crippen molar-refractivity contribution >= 4 is 6.09 Å². The van der Waals surface area contributed by atoms with E-state index in [-0.39, 0.29) is 6.04 Å². The summed E-state index contributed by atoms with van der Waals surface area (Å²) in [5, 5.41) is 2.92. The molecule has 0 radical (unpaired) electrons. The number of aromatic nitrogens is 2. The molecule has 1 aromatic rings. The van der Waals surface area contributed by atoms with E-state index < -0.39 is 11.7 Å². The highest BCUT2D eigenvalue weighted by molar-refractivity contribution is 5.68. The summed E-state index contributed by atoms with van der Waals surface area (Å²) in [6.07, 6.45) is 4.00. The molecule has 0 aliphatic heterocycles. The van der Waals surface area contributed by atoms with E-state index in [1.54, 1.807) is 12.5 Å². The smallest absolute Gasteiger partial charge is 0.408 e. The number of carbonyl (C=O) groups is 1. The van der Waals surface area contributed by atoms with E-state index >= 15 is 0 Å². The van der Waals surface area contributed by atoms with Crippen LogP contribution in [0.1, 0.15) is 45.9 Å². The van der Waals surface area contributed by atoms with Crippen molar-refractivity contribution in [3.05, 3.63) is 18.2 Å². The van der Waals surface area contributed by atoms with Gasteiger partial charge in [0.2, 0.25) is 0 Å². The molecule has 0 bridgehead atoms. The van der Waals surface area contributed by atoms with E-state index in [9.17, 15) is 4.79 Å². The molecule has 1 atom stereocenters. The van der Waals surface area contributed by atoms with Crippen LogP contribution in [-0.4, -0.2) is 46.8 Å². The summed E-state index contributed by atoms with van der Waals surface area (Å²) in [5.41, 5.74) is 0.512. The predicted octanol–water partition coefficient (Wildman–Crippen LogP) is 2.42. The monoisotopic (exact) mass is 296 g/mol. The molecule has 1 amide bonds. The normalized spacial score (nSPS) is 13.3. The summed E-state index contributed by atoms with van der Waals surface area (Å²) in [6, 6.07) is -0.0930. The van der Waals surface area contributed by atoms with Crippen LogP contribution in [0.15, 0.2) is 12.5 Å². The largest absolute Gasteiger partial charge is 0.444 e. The van der Waals surface area contributed by atoms with Crippen LogP contribution in [0.4, 0.5) is 4.79 Å². The Morgan fingerprint density at radius 2 is 2.14 bits per heavy atom. The second-order valence-corrected chi connectivity index (χ2v) is 6.42. The minimum atomic E-state index is -0.493. The standard InChI is InChI=1S/C15H28N4O2/c1-7-12(17-14(20)21-15(2,3)4)13-10-16-11-19(13)9-8-18(5)6/h10-12H,7-9H2,1-6H3,(H,17,20)/t12-/m1/s1. The van der Waals surface area contributed by atoms with Crippen LogP contribution in [-0.2, 0) is 11.3 Å². The summed E-state index contributed by atoms with van der Waals surface area (Å²) in [4.78, 5) is 18.2. The van der Waals surface area contributed by atoms with Crippen molar-refractivity contribution in [2.45, 2.75) is 52.3 Å². The zero-order chi connectivity index (χ0) is 16.0. The summed E-state index contributed by atoms with van der Waals surface area (Å²) < 4.78 is 7.39. The maximum atomic E-state index is 11.9. The van der Waals surface area contributed by atoms with Crippen LogP contribution < -0.4 is 5.32 Å². The van der Waals surface area contributed by atoms with Gasteiger partial charge in [0.1, 0.15) is 5.60 Å². The highest BCUT2D eigenvalue weighted by Gasteiger charge is 2.21. The Kier molecular flexibility index (Phi) is 6.20. The van der Waals surface area contributed by atoms with Gasteiger partial charge in [-0.2, -0.15) is 0 Å². The Hall–Kier alpha value is -1.56. The average Bonchev–Trinajstić information content (AvgIpc) is 2.79. The van der Waals surface area contributed by atoms with Gasteiger partial charge in [-0.05, 0) is 41.3 Å². The number of carbonyl (C=O) groups excluding carboxylic acids is 1. The third-order valence-corrected chi connectivity index (χ3v) is 2.99. The molecular weight excluding hydrogens is 268 g/mol. The third-order valence-electron chi connectivity index (χ3n) is 2.99. The number of amides is 1. The highest BCUT2D eigenvalue weighted by atomic mass is 16.6. The van der Waals surface area contributed by atoms with Gasteiger partial charge < -0.3 is 19.5 Å². The van der Waals surface area contributed by atoms with Crippen molar-refractivity contribution in [3.8, 4) is 0 Å². The molecule has 6 heteroatoms. The first-order valence-corrected chi connectivity index (χ1v) is 7.37. The predicted molar refractivity (Wildman–Crippen MR) is 83.2 cm³/mol. The first-order chi connectivity index (χ1) is 9.73. The Bertz CT molecular complexity index is 449. The maximum Gasteiger partial charge on any atom is 0.408 e. The van der Waals surface area contributed by atoms with Crippen molar-refractivity contribution < 1.29 is 9.53 Å². The number of alkyl carbamates (subject to hydrolysis) is 1. The quantitative estimate of drug-likeness (QED) is 0.876. The molecule has 21 heavy (non-hydrogen) atoms. The van der Waals surface area contributed by atoms with Gasteiger partial charge in [0.15, 0.2) is 0 Å². The van der Waals surface area contributed by atoms with E-state index in [0.29, 0.717) is 0 Å². The zero-order valence-corrected chi connectivity index (χ0v) is 14.0. The van der Waals surface area contributed by atoms with Crippen LogP contribution in [0.5, 0.6) is 0 Å². The Morgan fingerprint density at radius 1 is 1.48 bits per heavy atom. The van der Waals surface area contributed by atoms with Crippen molar-refractivity contribution in [2.75, 3.05) is 20.6 Å². The minimum absolute atomic E-state index is 0.0930. The molecule has 6 nitrogen and oxygen atoms in total. The molecule has 0 aromatic carbocycles. The lowest BCUT2D eigenvalue weighted by molar-refractivity contribution is 0.0500. The van der Waals surface area contributed by atoms with Crippen molar-refractivity contribution in [1.82, 2.24) is 19.8 Å². The molecule has 0 spiro atoms.